The van der Waals surface area contributed by atoms with Gasteiger partial charge in [-0.05, 0) is 12.5 Å². The Morgan fingerprint density at radius 1 is 1.39 bits per heavy atom. The number of nitrogens with zero attached hydrogens (tertiary/aromatic N) is 4. The minimum absolute atomic E-state index is 0.298. The Kier molecular flexibility index (Phi) is 2.72. The lowest BCUT2D eigenvalue weighted by Crippen LogP contribution is -2.13. The van der Waals surface area contributed by atoms with Crippen LogP contribution in [0.5, 0.6) is 0 Å². The van der Waals surface area contributed by atoms with Gasteiger partial charge < -0.3 is 0 Å². The fourth-order valence-corrected chi connectivity index (χ4v) is 1.48. The SMILES string of the molecule is Cc1cnn(C(=O)c2cc(C(F)(F)F)n(C)n2)c1. The van der Waals surface area contributed by atoms with Crippen molar-refractivity contribution in [3.8, 4) is 0 Å². The third-order valence-electron chi connectivity index (χ3n) is 2.31. The van der Waals surface area contributed by atoms with Gasteiger partial charge in [0.2, 0.25) is 0 Å². The number of aromatic nitrogens is 4. The van der Waals surface area contributed by atoms with Crippen LogP contribution in [0.25, 0.3) is 0 Å². The standard InChI is InChI=1S/C10H9F3N4O/c1-6-4-14-17(5-6)9(18)7-3-8(10(11,12)13)16(2)15-7/h3-5H,1-2H3. The van der Waals surface area contributed by atoms with Crippen LogP contribution in [0.1, 0.15) is 21.7 Å². The highest BCUT2D eigenvalue weighted by atomic mass is 19.4. The molecule has 2 aromatic heterocycles. The Bertz CT molecular complexity index is 597. The van der Waals surface area contributed by atoms with Gasteiger partial charge >= 0.3 is 6.18 Å². The summed E-state index contributed by atoms with van der Waals surface area (Å²) in [7, 11) is 1.13. The molecule has 5 nitrogen and oxygen atoms in total. The first-order chi connectivity index (χ1) is 8.29. The van der Waals surface area contributed by atoms with Crippen LogP contribution < -0.4 is 0 Å². The van der Waals surface area contributed by atoms with E-state index < -0.39 is 17.8 Å². The Hall–Kier alpha value is -2.12. The van der Waals surface area contributed by atoms with E-state index in [9.17, 15) is 18.0 Å². The van der Waals surface area contributed by atoms with E-state index in [-0.39, 0.29) is 5.69 Å². The van der Waals surface area contributed by atoms with Crippen LogP contribution in [0, 0.1) is 6.92 Å². The van der Waals surface area contributed by atoms with Crippen molar-refractivity contribution < 1.29 is 18.0 Å². The van der Waals surface area contributed by atoms with E-state index >= 15 is 0 Å². The molecule has 0 saturated heterocycles. The van der Waals surface area contributed by atoms with Crippen molar-refractivity contribution in [3.63, 3.8) is 0 Å². The molecule has 2 rings (SSSR count). The van der Waals surface area contributed by atoms with E-state index in [4.69, 9.17) is 0 Å². The van der Waals surface area contributed by atoms with Crippen LogP contribution in [0.4, 0.5) is 13.2 Å². The molecule has 0 saturated carbocycles. The van der Waals surface area contributed by atoms with Crippen molar-refractivity contribution in [2.45, 2.75) is 13.1 Å². The molecule has 2 heterocycles. The number of carbonyl (C=O) groups is 1. The van der Waals surface area contributed by atoms with Crippen LogP contribution in [-0.2, 0) is 13.2 Å². The molecule has 0 atom stereocenters. The van der Waals surface area contributed by atoms with Gasteiger partial charge in [0.05, 0.1) is 6.20 Å². The first-order valence-corrected chi connectivity index (χ1v) is 4.96. The summed E-state index contributed by atoms with van der Waals surface area (Å²) in [6, 6.07) is 0.708. The third-order valence-corrected chi connectivity index (χ3v) is 2.31. The predicted octanol–water partition coefficient (Wildman–Crippen LogP) is 1.63. The molecule has 18 heavy (non-hydrogen) atoms. The fourth-order valence-electron chi connectivity index (χ4n) is 1.48. The summed E-state index contributed by atoms with van der Waals surface area (Å²) in [6.45, 7) is 1.72. The minimum atomic E-state index is -4.54. The van der Waals surface area contributed by atoms with Crippen LogP contribution in [0.2, 0.25) is 0 Å². The summed E-state index contributed by atoms with van der Waals surface area (Å²) in [6.07, 6.45) is -1.68. The number of hydrogen-bond donors (Lipinski definition) is 0. The Balaban J connectivity index is 2.38. The zero-order valence-electron chi connectivity index (χ0n) is 9.56. The molecule has 0 amide bonds. The molecule has 2 aromatic rings. The van der Waals surface area contributed by atoms with E-state index in [0.717, 1.165) is 17.3 Å². The van der Waals surface area contributed by atoms with Crippen molar-refractivity contribution >= 4 is 5.91 Å². The van der Waals surface area contributed by atoms with E-state index in [0.29, 0.717) is 10.7 Å². The Morgan fingerprint density at radius 2 is 2.06 bits per heavy atom. The number of rotatable bonds is 1. The van der Waals surface area contributed by atoms with Crippen LogP contribution in [0.3, 0.4) is 0 Å². The average Bonchev–Trinajstić information content (AvgIpc) is 2.82. The van der Waals surface area contributed by atoms with Gasteiger partial charge in [-0.15, -0.1) is 0 Å². The molecule has 0 radical (unpaired) electrons. The monoisotopic (exact) mass is 258 g/mol. The molecule has 0 bridgehead atoms. The Labute approximate surface area is 99.8 Å². The first-order valence-electron chi connectivity index (χ1n) is 4.96. The quantitative estimate of drug-likeness (QED) is 0.781. The zero-order valence-corrected chi connectivity index (χ0v) is 9.56. The van der Waals surface area contributed by atoms with Crippen molar-refractivity contribution in [1.29, 1.82) is 0 Å². The lowest BCUT2D eigenvalue weighted by Gasteiger charge is -2.04. The highest BCUT2D eigenvalue weighted by molar-refractivity contribution is 5.93. The summed E-state index contributed by atoms with van der Waals surface area (Å²) in [4.78, 5) is 11.8. The second kappa shape index (κ2) is 3.97. The number of hydrogen-bond acceptors (Lipinski definition) is 3. The second-order valence-corrected chi connectivity index (χ2v) is 3.80. The molecular weight excluding hydrogens is 249 g/mol. The molecule has 0 unspecified atom stereocenters. The zero-order chi connectivity index (χ0) is 13.5. The molecule has 0 N–H and O–H groups in total. The normalized spacial score (nSPS) is 11.8. The second-order valence-electron chi connectivity index (χ2n) is 3.80. The predicted molar refractivity (Wildman–Crippen MR) is 54.9 cm³/mol. The molecule has 0 aliphatic heterocycles. The van der Waals surface area contributed by atoms with Gasteiger partial charge in [-0.3, -0.25) is 9.48 Å². The summed E-state index contributed by atoms with van der Waals surface area (Å²) in [5.74, 6) is -0.700. The summed E-state index contributed by atoms with van der Waals surface area (Å²) in [5.41, 5.74) is -0.544. The molecule has 0 fully saturated rings. The van der Waals surface area contributed by atoms with Crippen LogP contribution in [-0.4, -0.2) is 25.5 Å². The maximum Gasteiger partial charge on any atom is 0.433 e. The van der Waals surface area contributed by atoms with Gasteiger partial charge in [-0.25, -0.2) is 4.68 Å². The van der Waals surface area contributed by atoms with Crippen molar-refractivity contribution in [1.82, 2.24) is 19.6 Å². The van der Waals surface area contributed by atoms with Gasteiger partial charge in [-0.2, -0.15) is 23.4 Å². The Morgan fingerprint density at radius 3 is 2.50 bits per heavy atom. The van der Waals surface area contributed by atoms with Crippen molar-refractivity contribution in [2.24, 2.45) is 7.05 Å². The number of carbonyl (C=O) groups excluding carboxylic acids is 1. The smallest absolute Gasteiger partial charge is 0.265 e. The molecular formula is C10H9F3N4O. The van der Waals surface area contributed by atoms with Gasteiger partial charge in [0, 0.05) is 19.3 Å². The van der Waals surface area contributed by atoms with Crippen LogP contribution in [0.15, 0.2) is 18.5 Å². The van der Waals surface area contributed by atoms with E-state index in [2.05, 4.69) is 10.2 Å². The van der Waals surface area contributed by atoms with E-state index in [1.165, 1.54) is 12.4 Å². The van der Waals surface area contributed by atoms with Crippen LogP contribution >= 0.6 is 0 Å². The number of halogens is 3. The molecule has 0 aliphatic carbocycles. The van der Waals surface area contributed by atoms with Crippen molar-refractivity contribution in [3.05, 3.63) is 35.4 Å². The molecule has 0 spiro atoms. The number of alkyl halides is 3. The van der Waals surface area contributed by atoms with E-state index in [1.54, 1.807) is 6.92 Å². The van der Waals surface area contributed by atoms with Gasteiger partial charge in [-0.1, -0.05) is 0 Å². The van der Waals surface area contributed by atoms with Crippen molar-refractivity contribution in [2.75, 3.05) is 0 Å². The van der Waals surface area contributed by atoms with Gasteiger partial charge in [0.25, 0.3) is 5.91 Å². The highest BCUT2D eigenvalue weighted by Crippen LogP contribution is 2.29. The highest BCUT2D eigenvalue weighted by Gasteiger charge is 2.35. The summed E-state index contributed by atoms with van der Waals surface area (Å²) >= 11 is 0. The largest absolute Gasteiger partial charge is 0.433 e. The fraction of sp³-hybridized carbons (Fsp3) is 0.300. The third kappa shape index (κ3) is 2.13. The molecule has 0 aromatic carbocycles. The van der Waals surface area contributed by atoms with E-state index in [1.807, 2.05) is 0 Å². The lowest BCUT2D eigenvalue weighted by molar-refractivity contribution is -0.143. The molecule has 8 heteroatoms. The summed E-state index contributed by atoms with van der Waals surface area (Å²) < 4.78 is 39.2. The van der Waals surface area contributed by atoms with Gasteiger partial charge in [0.1, 0.15) is 5.69 Å². The summed E-state index contributed by atoms with van der Waals surface area (Å²) in [5, 5.41) is 7.28. The lowest BCUT2D eigenvalue weighted by atomic mass is 10.3. The topological polar surface area (TPSA) is 52.7 Å². The molecule has 0 aliphatic rings. The first kappa shape index (κ1) is 12.3. The maximum atomic E-state index is 12.5. The minimum Gasteiger partial charge on any atom is -0.265 e. The maximum absolute atomic E-state index is 12.5. The average molecular weight is 258 g/mol. The number of aryl methyl sites for hydroxylation is 2. The molecule has 96 valence electrons. The van der Waals surface area contributed by atoms with Gasteiger partial charge in [0.15, 0.2) is 5.69 Å².